The van der Waals surface area contributed by atoms with E-state index < -0.39 is 10.0 Å². The number of rotatable bonds is 3. The normalized spacial score (nSPS) is 19.6. The van der Waals surface area contributed by atoms with Gasteiger partial charge in [0.25, 0.3) is 10.0 Å². The smallest absolute Gasteiger partial charge is 0.260 e. The van der Waals surface area contributed by atoms with Crippen molar-refractivity contribution in [2.45, 2.75) is 38.1 Å². The zero-order valence-corrected chi connectivity index (χ0v) is 11.1. The maximum atomic E-state index is 12.3. The highest BCUT2D eigenvalue weighted by molar-refractivity contribution is 7.89. The fourth-order valence-corrected chi connectivity index (χ4v) is 3.42. The largest absolute Gasteiger partial charge is 0.332 e. The minimum atomic E-state index is -3.36. The summed E-state index contributed by atoms with van der Waals surface area (Å²) in [4.78, 5) is 6.92. The van der Waals surface area contributed by atoms with Crippen LogP contribution in [0.3, 0.4) is 0 Å². The van der Waals surface area contributed by atoms with Gasteiger partial charge in [-0.25, -0.2) is 13.4 Å². The lowest BCUT2D eigenvalue weighted by atomic mass is 10.0. The SMILES string of the molecule is CCc1ncc(S(=O)(=O)N2CCC(C)CC2)[nH]1. The Kier molecular flexibility index (Phi) is 3.53. The van der Waals surface area contributed by atoms with Crippen LogP contribution in [0.2, 0.25) is 0 Å². The number of nitrogens with one attached hydrogen (secondary N) is 1. The molecule has 0 aromatic carbocycles. The Morgan fingerprint density at radius 3 is 2.65 bits per heavy atom. The average molecular weight is 257 g/mol. The van der Waals surface area contributed by atoms with Crippen molar-refractivity contribution in [2.75, 3.05) is 13.1 Å². The number of imidazole rings is 1. The molecule has 0 radical (unpaired) electrons. The Morgan fingerprint density at radius 1 is 1.47 bits per heavy atom. The van der Waals surface area contributed by atoms with Crippen LogP contribution in [0.4, 0.5) is 0 Å². The average Bonchev–Trinajstić information content (AvgIpc) is 2.78. The van der Waals surface area contributed by atoms with Crippen LogP contribution in [-0.2, 0) is 16.4 Å². The van der Waals surface area contributed by atoms with Gasteiger partial charge in [-0.2, -0.15) is 4.31 Å². The fraction of sp³-hybridized carbons (Fsp3) is 0.727. The molecule has 1 aliphatic heterocycles. The molecule has 0 unspecified atom stereocenters. The van der Waals surface area contributed by atoms with Crippen molar-refractivity contribution < 1.29 is 8.42 Å². The van der Waals surface area contributed by atoms with Crippen LogP contribution < -0.4 is 0 Å². The Bertz CT molecular complexity index is 473. The standard InChI is InChI=1S/C11H19N3O2S/c1-3-10-12-8-11(13-10)17(15,16)14-6-4-9(2)5-7-14/h8-9H,3-7H2,1-2H3,(H,12,13). The van der Waals surface area contributed by atoms with Crippen molar-refractivity contribution >= 4 is 10.0 Å². The molecule has 96 valence electrons. The molecule has 0 spiro atoms. The van der Waals surface area contributed by atoms with E-state index in [2.05, 4.69) is 16.9 Å². The molecule has 1 saturated heterocycles. The summed E-state index contributed by atoms with van der Waals surface area (Å²) < 4.78 is 26.1. The molecule has 1 fully saturated rings. The summed E-state index contributed by atoms with van der Waals surface area (Å²) in [6.45, 7) is 5.33. The predicted molar refractivity (Wildman–Crippen MR) is 65.1 cm³/mol. The van der Waals surface area contributed by atoms with Crippen LogP contribution >= 0.6 is 0 Å². The maximum Gasteiger partial charge on any atom is 0.260 e. The van der Waals surface area contributed by atoms with Gasteiger partial charge in [0.15, 0.2) is 5.03 Å². The molecule has 1 aliphatic rings. The van der Waals surface area contributed by atoms with E-state index in [0.29, 0.717) is 31.3 Å². The number of H-pyrrole nitrogens is 1. The minimum absolute atomic E-state index is 0.226. The van der Waals surface area contributed by atoms with E-state index in [-0.39, 0.29) is 5.03 Å². The van der Waals surface area contributed by atoms with E-state index in [1.807, 2.05) is 6.92 Å². The zero-order chi connectivity index (χ0) is 12.5. The third-order valence-corrected chi connectivity index (χ3v) is 5.11. The highest BCUT2D eigenvalue weighted by atomic mass is 32.2. The van der Waals surface area contributed by atoms with Gasteiger partial charge in [-0.3, -0.25) is 0 Å². The highest BCUT2D eigenvalue weighted by Crippen LogP contribution is 2.22. The van der Waals surface area contributed by atoms with E-state index in [9.17, 15) is 8.42 Å². The Labute approximate surface area is 102 Å². The maximum absolute atomic E-state index is 12.3. The van der Waals surface area contributed by atoms with Crippen LogP contribution in [0.15, 0.2) is 11.2 Å². The van der Waals surface area contributed by atoms with Gasteiger partial charge in [-0.05, 0) is 18.8 Å². The fourth-order valence-electron chi connectivity index (χ4n) is 2.02. The van der Waals surface area contributed by atoms with Gasteiger partial charge in [0, 0.05) is 19.5 Å². The van der Waals surface area contributed by atoms with E-state index >= 15 is 0 Å². The number of aromatic amines is 1. The van der Waals surface area contributed by atoms with Gasteiger partial charge in [0.05, 0.1) is 6.20 Å². The molecule has 6 heteroatoms. The van der Waals surface area contributed by atoms with Crippen molar-refractivity contribution in [1.82, 2.24) is 14.3 Å². The second-order valence-corrected chi connectivity index (χ2v) is 6.54. The number of hydrogen-bond acceptors (Lipinski definition) is 3. The number of aryl methyl sites for hydroxylation is 1. The lowest BCUT2D eigenvalue weighted by molar-refractivity contribution is 0.287. The lowest BCUT2D eigenvalue weighted by Crippen LogP contribution is -2.38. The Balaban J connectivity index is 2.18. The molecular formula is C11H19N3O2S. The summed E-state index contributed by atoms with van der Waals surface area (Å²) in [5.74, 6) is 1.34. The number of hydrogen-bond donors (Lipinski definition) is 1. The first-order valence-electron chi connectivity index (χ1n) is 6.08. The summed E-state index contributed by atoms with van der Waals surface area (Å²) in [5.41, 5.74) is 0. The molecule has 2 rings (SSSR count). The highest BCUT2D eigenvalue weighted by Gasteiger charge is 2.29. The summed E-state index contributed by atoms with van der Waals surface area (Å²) >= 11 is 0. The minimum Gasteiger partial charge on any atom is -0.332 e. The van der Waals surface area contributed by atoms with Crippen LogP contribution in [0.25, 0.3) is 0 Å². The van der Waals surface area contributed by atoms with Crippen LogP contribution in [0.1, 0.15) is 32.5 Å². The van der Waals surface area contributed by atoms with Crippen molar-refractivity contribution in [2.24, 2.45) is 5.92 Å². The molecular weight excluding hydrogens is 238 g/mol. The zero-order valence-electron chi connectivity index (χ0n) is 10.3. The van der Waals surface area contributed by atoms with E-state index in [1.54, 1.807) is 4.31 Å². The van der Waals surface area contributed by atoms with Crippen molar-refractivity contribution in [3.63, 3.8) is 0 Å². The Hall–Kier alpha value is -0.880. The molecule has 5 nitrogen and oxygen atoms in total. The van der Waals surface area contributed by atoms with Crippen molar-refractivity contribution in [3.05, 3.63) is 12.0 Å². The predicted octanol–water partition coefficient (Wildman–Crippen LogP) is 1.39. The van der Waals surface area contributed by atoms with Gasteiger partial charge < -0.3 is 4.98 Å². The van der Waals surface area contributed by atoms with Gasteiger partial charge in [0.1, 0.15) is 5.82 Å². The van der Waals surface area contributed by atoms with Gasteiger partial charge in [0.2, 0.25) is 0 Å². The molecule has 2 heterocycles. The van der Waals surface area contributed by atoms with E-state index in [4.69, 9.17) is 0 Å². The second kappa shape index (κ2) is 4.78. The third-order valence-electron chi connectivity index (χ3n) is 3.30. The topological polar surface area (TPSA) is 66.1 Å². The number of sulfonamides is 1. The molecule has 0 saturated carbocycles. The third kappa shape index (κ3) is 2.52. The molecule has 1 N–H and O–H groups in total. The first-order valence-corrected chi connectivity index (χ1v) is 7.52. The van der Waals surface area contributed by atoms with Crippen LogP contribution in [-0.4, -0.2) is 35.8 Å². The molecule has 0 amide bonds. The monoisotopic (exact) mass is 257 g/mol. The quantitative estimate of drug-likeness (QED) is 0.890. The van der Waals surface area contributed by atoms with Crippen molar-refractivity contribution in [1.29, 1.82) is 0 Å². The lowest BCUT2D eigenvalue weighted by Gasteiger charge is -2.28. The van der Waals surface area contributed by atoms with Gasteiger partial charge in [-0.1, -0.05) is 13.8 Å². The van der Waals surface area contributed by atoms with Gasteiger partial charge in [-0.15, -0.1) is 0 Å². The summed E-state index contributed by atoms with van der Waals surface area (Å²) in [7, 11) is -3.36. The summed E-state index contributed by atoms with van der Waals surface area (Å²) in [5, 5.41) is 0.226. The number of nitrogens with zero attached hydrogens (tertiary/aromatic N) is 2. The summed E-state index contributed by atoms with van der Waals surface area (Å²) in [6, 6.07) is 0. The Morgan fingerprint density at radius 2 is 2.12 bits per heavy atom. The first-order chi connectivity index (χ1) is 8.04. The first kappa shape index (κ1) is 12.6. The van der Waals surface area contributed by atoms with E-state index in [0.717, 1.165) is 12.8 Å². The summed E-state index contributed by atoms with van der Waals surface area (Å²) in [6.07, 6.45) is 4.01. The van der Waals surface area contributed by atoms with Gasteiger partial charge >= 0.3 is 0 Å². The second-order valence-electron chi connectivity index (χ2n) is 4.63. The molecule has 0 aliphatic carbocycles. The van der Waals surface area contributed by atoms with Crippen molar-refractivity contribution in [3.8, 4) is 0 Å². The molecule has 0 atom stereocenters. The molecule has 1 aromatic heterocycles. The van der Waals surface area contributed by atoms with Crippen LogP contribution in [0, 0.1) is 5.92 Å². The molecule has 17 heavy (non-hydrogen) atoms. The number of piperidine rings is 1. The molecule has 1 aromatic rings. The number of aromatic nitrogens is 2. The molecule has 0 bridgehead atoms. The van der Waals surface area contributed by atoms with Crippen LogP contribution in [0.5, 0.6) is 0 Å². The van der Waals surface area contributed by atoms with E-state index in [1.165, 1.54) is 6.20 Å².